The van der Waals surface area contributed by atoms with Gasteiger partial charge in [-0.25, -0.2) is 0 Å². The summed E-state index contributed by atoms with van der Waals surface area (Å²) in [5.74, 6) is 0.796. The highest BCUT2D eigenvalue weighted by molar-refractivity contribution is 6.17. The van der Waals surface area contributed by atoms with Gasteiger partial charge in [-0.2, -0.15) is 0 Å². The van der Waals surface area contributed by atoms with Crippen LogP contribution in [-0.4, -0.2) is 42.9 Å². The number of nitrogens with zero attached hydrogens (tertiary/aromatic N) is 1. The molecule has 1 amide bonds. The zero-order valence-corrected chi connectivity index (χ0v) is 11.5. The molecule has 0 saturated heterocycles. The summed E-state index contributed by atoms with van der Waals surface area (Å²) < 4.78 is 0. The number of hydrogen-bond acceptors (Lipinski definition) is 2. The summed E-state index contributed by atoms with van der Waals surface area (Å²) in [6.07, 6.45) is 3.43. The molecule has 0 saturated carbocycles. The third-order valence-corrected chi connectivity index (χ3v) is 2.95. The van der Waals surface area contributed by atoms with Crippen molar-refractivity contribution in [3.05, 3.63) is 0 Å². The van der Waals surface area contributed by atoms with Crippen molar-refractivity contribution in [3.63, 3.8) is 0 Å². The van der Waals surface area contributed by atoms with Gasteiger partial charge in [-0.3, -0.25) is 4.79 Å². The minimum atomic E-state index is 0.150. The summed E-state index contributed by atoms with van der Waals surface area (Å²) in [5, 5.41) is 2.93. The minimum Gasteiger partial charge on any atom is -0.356 e. The molecule has 0 aromatic carbocycles. The van der Waals surface area contributed by atoms with Gasteiger partial charge in [0.15, 0.2) is 0 Å². The number of unbranched alkanes of at least 4 members (excludes halogenated alkanes) is 1. The normalized spacial score (nSPS) is 11.1. The molecule has 0 heterocycles. The Morgan fingerprint density at radius 3 is 2.56 bits per heavy atom. The molecule has 4 heteroatoms. The summed E-state index contributed by atoms with van der Waals surface area (Å²) in [7, 11) is 2.10. The Labute approximate surface area is 105 Å². The largest absolute Gasteiger partial charge is 0.356 e. The van der Waals surface area contributed by atoms with Gasteiger partial charge in [0, 0.05) is 24.9 Å². The molecular formula is C12H25ClN2O. The maximum Gasteiger partial charge on any atom is 0.219 e. The van der Waals surface area contributed by atoms with Gasteiger partial charge in [0.1, 0.15) is 0 Å². The van der Waals surface area contributed by atoms with Gasteiger partial charge in [-0.05, 0) is 46.7 Å². The van der Waals surface area contributed by atoms with Crippen molar-refractivity contribution in [3.8, 4) is 0 Å². The molecule has 0 aromatic rings. The quantitative estimate of drug-likeness (QED) is 0.501. The zero-order chi connectivity index (χ0) is 12.4. The zero-order valence-electron chi connectivity index (χ0n) is 10.8. The summed E-state index contributed by atoms with van der Waals surface area (Å²) in [4.78, 5) is 13.6. The molecule has 3 nitrogen and oxygen atoms in total. The fraction of sp³-hybridized carbons (Fsp3) is 0.917. The molecule has 0 aliphatic heterocycles. The number of hydrogen-bond donors (Lipinski definition) is 1. The van der Waals surface area contributed by atoms with Crippen molar-refractivity contribution in [2.75, 3.05) is 26.0 Å². The molecule has 0 aliphatic carbocycles. The highest BCUT2D eigenvalue weighted by atomic mass is 35.5. The SMILES string of the molecule is CC(C)N(C)CCCNC(=O)CCCCCl. The van der Waals surface area contributed by atoms with Crippen LogP contribution < -0.4 is 5.32 Å². The fourth-order valence-corrected chi connectivity index (χ4v) is 1.47. The maximum absolute atomic E-state index is 11.3. The summed E-state index contributed by atoms with van der Waals surface area (Å²) in [5.41, 5.74) is 0. The lowest BCUT2D eigenvalue weighted by Crippen LogP contribution is -2.31. The molecule has 16 heavy (non-hydrogen) atoms. The van der Waals surface area contributed by atoms with Crippen LogP contribution in [0.15, 0.2) is 0 Å². The number of carbonyl (C=O) groups excluding carboxylic acids is 1. The van der Waals surface area contributed by atoms with E-state index in [9.17, 15) is 4.79 Å². The van der Waals surface area contributed by atoms with Crippen LogP contribution in [0.3, 0.4) is 0 Å². The first-order valence-corrected chi connectivity index (χ1v) is 6.64. The first-order valence-electron chi connectivity index (χ1n) is 6.10. The van der Waals surface area contributed by atoms with E-state index in [2.05, 4.69) is 31.1 Å². The lowest BCUT2D eigenvalue weighted by atomic mass is 10.2. The number of nitrogens with one attached hydrogen (secondary N) is 1. The van der Waals surface area contributed by atoms with Crippen molar-refractivity contribution in [2.45, 2.75) is 45.6 Å². The van der Waals surface area contributed by atoms with Gasteiger partial charge in [0.05, 0.1) is 0 Å². The molecular weight excluding hydrogens is 224 g/mol. The topological polar surface area (TPSA) is 32.3 Å². The molecule has 0 bridgehead atoms. The van der Waals surface area contributed by atoms with Gasteiger partial charge < -0.3 is 10.2 Å². The van der Waals surface area contributed by atoms with Crippen molar-refractivity contribution >= 4 is 17.5 Å². The molecule has 0 unspecified atom stereocenters. The van der Waals surface area contributed by atoms with E-state index in [1.54, 1.807) is 0 Å². The molecule has 0 fully saturated rings. The summed E-state index contributed by atoms with van der Waals surface area (Å²) in [6, 6.07) is 0.569. The summed E-state index contributed by atoms with van der Waals surface area (Å²) in [6.45, 7) is 6.14. The van der Waals surface area contributed by atoms with Crippen molar-refractivity contribution in [1.82, 2.24) is 10.2 Å². The highest BCUT2D eigenvalue weighted by Gasteiger charge is 2.03. The van der Waals surface area contributed by atoms with Gasteiger partial charge in [-0.1, -0.05) is 0 Å². The Morgan fingerprint density at radius 2 is 2.00 bits per heavy atom. The number of halogens is 1. The Hall–Kier alpha value is -0.280. The number of rotatable bonds is 9. The van der Waals surface area contributed by atoms with E-state index in [0.717, 1.165) is 32.4 Å². The van der Waals surface area contributed by atoms with Crippen LogP contribution >= 0.6 is 11.6 Å². The smallest absolute Gasteiger partial charge is 0.219 e. The van der Waals surface area contributed by atoms with E-state index >= 15 is 0 Å². The van der Waals surface area contributed by atoms with Gasteiger partial charge in [0.2, 0.25) is 5.91 Å². The van der Waals surface area contributed by atoms with Gasteiger partial charge in [-0.15, -0.1) is 11.6 Å². The molecule has 0 atom stereocenters. The minimum absolute atomic E-state index is 0.150. The first kappa shape index (κ1) is 15.7. The number of carbonyl (C=O) groups is 1. The highest BCUT2D eigenvalue weighted by Crippen LogP contribution is 1.97. The average molecular weight is 249 g/mol. The first-order chi connectivity index (χ1) is 7.57. The van der Waals surface area contributed by atoms with Crippen LogP contribution in [0.25, 0.3) is 0 Å². The van der Waals surface area contributed by atoms with Gasteiger partial charge in [0.25, 0.3) is 0 Å². The summed E-state index contributed by atoms with van der Waals surface area (Å²) >= 11 is 5.54. The van der Waals surface area contributed by atoms with E-state index < -0.39 is 0 Å². The van der Waals surface area contributed by atoms with Crippen LogP contribution in [0.5, 0.6) is 0 Å². The van der Waals surface area contributed by atoms with Crippen molar-refractivity contribution < 1.29 is 4.79 Å². The van der Waals surface area contributed by atoms with E-state index in [4.69, 9.17) is 11.6 Å². The third-order valence-electron chi connectivity index (χ3n) is 2.68. The van der Waals surface area contributed by atoms with Crippen molar-refractivity contribution in [2.24, 2.45) is 0 Å². The second-order valence-corrected chi connectivity index (χ2v) is 4.80. The maximum atomic E-state index is 11.3. The lowest BCUT2D eigenvalue weighted by molar-refractivity contribution is -0.121. The average Bonchev–Trinajstić information content (AvgIpc) is 2.24. The second-order valence-electron chi connectivity index (χ2n) is 4.42. The Bertz CT molecular complexity index is 186. The van der Waals surface area contributed by atoms with E-state index in [1.165, 1.54) is 0 Å². The van der Waals surface area contributed by atoms with Crippen LogP contribution in [0.4, 0.5) is 0 Å². The molecule has 0 aromatic heterocycles. The predicted octanol–water partition coefficient (Wildman–Crippen LogP) is 2.24. The Morgan fingerprint density at radius 1 is 1.31 bits per heavy atom. The third kappa shape index (κ3) is 8.98. The fourth-order valence-electron chi connectivity index (χ4n) is 1.28. The van der Waals surface area contributed by atoms with Crippen molar-refractivity contribution in [1.29, 1.82) is 0 Å². The standard InChI is InChI=1S/C12H25ClN2O/c1-11(2)15(3)10-6-9-14-12(16)7-4-5-8-13/h11H,4-10H2,1-3H3,(H,14,16). The van der Waals surface area contributed by atoms with Crippen LogP contribution in [-0.2, 0) is 4.79 Å². The Kier molecular flexibility index (Phi) is 9.74. The van der Waals surface area contributed by atoms with Crippen LogP contribution in [0.1, 0.15) is 39.5 Å². The Balaban J connectivity index is 3.34. The van der Waals surface area contributed by atoms with Gasteiger partial charge >= 0.3 is 0 Å². The number of amides is 1. The molecule has 0 aliphatic rings. The lowest BCUT2D eigenvalue weighted by Gasteiger charge is -2.20. The van der Waals surface area contributed by atoms with E-state index in [-0.39, 0.29) is 5.91 Å². The predicted molar refractivity (Wildman–Crippen MR) is 70.0 cm³/mol. The molecule has 0 rings (SSSR count). The molecule has 96 valence electrons. The van der Waals surface area contributed by atoms with Crippen LogP contribution in [0, 0.1) is 0 Å². The monoisotopic (exact) mass is 248 g/mol. The molecule has 0 spiro atoms. The number of alkyl halides is 1. The molecule has 0 radical (unpaired) electrons. The van der Waals surface area contributed by atoms with E-state index in [1.807, 2.05) is 0 Å². The van der Waals surface area contributed by atoms with Crippen LogP contribution in [0.2, 0.25) is 0 Å². The van der Waals surface area contributed by atoms with E-state index in [0.29, 0.717) is 18.3 Å². The molecule has 1 N–H and O–H groups in total. The second kappa shape index (κ2) is 9.91.